The molecule has 2 rings (SSSR count). The molecule has 17 heavy (non-hydrogen) atoms. The third-order valence-electron chi connectivity index (χ3n) is 2.85. The van der Waals surface area contributed by atoms with Gasteiger partial charge in [-0.3, -0.25) is 0 Å². The van der Waals surface area contributed by atoms with Gasteiger partial charge in [-0.05, 0) is 12.5 Å². The molecule has 1 heterocycles. The van der Waals surface area contributed by atoms with Crippen LogP contribution in [0.15, 0.2) is 18.2 Å². The van der Waals surface area contributed by atoms with Gasteiger partial charge in [-0.15, -0.1) is 0 Å². The SMILES string of the molecule is COCCn1c(Cl)c(C#N)c2cccc(C)c21. The Morgan fingerprint density at radius 3 is 2.88 bits per heavy atom. The minimum Gasteiger partial charge on any atom is -0.383 e. The highest BCUT2D eigenvalue weighted by molar-refractivity contribution is 6.32. The van der Waals surface area contributed by atoms with Gasteiger partial charge in [-0.25, -0.2) is 0 Å². The topological polar surface area (TPSA) is 38.0 Å². The van der Waals surface area contributed by atoms with E-state index in [1.54, 1.807) is 7.11 Å². The van der Waals surface area contributed by atoms with Crippen molar-refractivity contribution in [3.05, 3.63) is 34.5 Å². The molecule has 3 nitrogen and oxygen atoms in total. The first-order valence-corrected chi connectivity index (χ1v) is 5.74. The van der Waals surface area contributed by atoms with Crippen molar-refractivity contribution in [2.75, 3.05) is 13.7 Å². The number of aromatic nitrogens is 1. The number of para-hydroxylation sites is 1. The summed E-state index contributed by atoms with van der Waals surface area (Å²) >= 11 is 6.24. The van der Waals surface area contributed by atoms with Crippen LogP contribution in [0.2, 0.25) is 5.15 Å². The molecule has 0 bridgehead atoms. The van der Waals surface area contributed by atoms with Crippen LogP contribution in [0.3, 0.4) is 0 Å². The van der Waals surface area contributed by atoms with Gasteiger partial charge >= 0.3 is 0 Å². The van der Waals surface area contributed by atoms with E-state index in [-0.39, 0.29) is 0 Å². The van der Waals surface area contributed by atoms with E-state index in [4.69, 9.17) is 21.6 Å². The Morgan fingerprint density at radius 2 is 2.24 bits per heavy atom. The number of halogens is 1. The molecule has 0 aliphatic carbocycles. The molecule has 2 aromatic rings. The molecule has 4 heteroatoms. The summed E-state index contributed by atoms with van der Waals surface area (Å²) in [5.74, 6) is 0. The van der Waals surface area contributed by atoms with Gasteiger partial charge in [0.05, 0.1) is 17.7 Å². The first-order valence-electron chi connectivity index (χ1n) is 5.37. The Balaban J connectivity index is 2.73. The number of methoxy groups -OCH3 is 1. The molecule has 0 unspecified atom stereocenters. The number of hydrogen-bond acceptors (Lipinski definition) is 2. The molecule has 0 spiro atoms. The lowest BCUT2D eigenvalue weighted by atomic mass is 10.1. The molecule has 1 aromatic carbocycles. The van der Waals surface area contributed by atoms with Crippen LogP contribution in [-0.4, -0.2) is 18.3 Å². The maximum atomic E-state index is 9.17. The van der Waals surface area contributed by atoms with Gasteiger partial charge in [0.2, 0.25) is 0 Å². The largest absolute Gasteiger partial charge is 0.383 e. The van der Waals surface area contributed by atoms with Crippen LogP contribution in [0.5, 0.6) is 0 Å². The molecule has 0 amide bonds. The van der Waals surface area contributed by atoms with Crippen molar-refractivity contribution >= 4 is 22.5 Å². The summed E-state index contributed by atoms with van der Waals surface area (Å²) < 4.78 is 7.01. The van der Waals surface area contributed by atoms with Crippen LogP contribution in [0.25, 0.3) is 10.9 Å². The second-order valence-corrected chi connectivity index (χ2v) is 4.25. The predicted octanol–water partition coefficient (Wildman–Crippen LogP) is 3.12. The number of benzene rings is 1. The van der Waals surface area contributed by atoms with Crippen LogP contribution in [0.1, 0.15) is 11.1 Å². The Kier molecular flexibility index (Phi) is 3.37. The highest BCUT2D eigenvalue weighted by Gasteiger charge is 2.16. The summed E-state index contributed by atoms with van der Waals surface area (Å²) in [6.45, 7) is 3.24. The van der Waals surface area contributed by atoms with Gasteiger partial charge in [0.25, 0.3) is 0 Å². The molecule has 88 valence electrons. The Morgan fingerprint density at radius 1 is 1.47 bits per heavy atom. The van der Waals surface area contributed by atoms with Crippen molar-refractivity contribution in [1.29, 1.82) is 5.26 Å². The lowest BCUT2D eigenvalue weighted by molar-refractivity contribution is 0.188. The molecule has 0 saturated heterocycles. The molecule has 0 radical (unpaired) electrons. The number of nitrogens with zero attached hydrogens (tertiary/aromatic N) is 2. The minimum atomic E-state index is 0.494. The van der Waals surface area contributed by atoms with Crippen molar-refractivity contribution in [1.82, 2.24) is 4.57 Å². The summed E-state index contributed by atoms with van der Waals surface area (Å²) in [5.41, 5.74) is 2.68. The summed E-state index contributed by atoms with van der Waals surface area (Å²) in [7, 11) is 1.65. The van der Waals surface area contributed by atoms with E-state index in [0.29, 0.717) is 23.9 Å². The normalized spacial score (nSPS) is 10.7. The Hall–Kier alpha value is -1.50. The highest BCUT2D eigenvalue weighted by Crippen LogP contribution is 2.31. The zero-order chi connectivity index (χ0) is 12.4. The minimum absolute atomic E-state index is 0.494. The third-order valence-corrected chi connectivity index (χ3v) is 3.24. The van der Waals surface area contributed by atoms with Crippen molar-refractivity contribution in [3.8, 4) is 6.07 Å². The van der Waals surface area contributed by atoms with E-state index in [1.807, 2.05) is 29.7 Å². The van der Waals surface area contributed by atoms with E-state index >= 15 is 0 Å². The quantitative estimate of drug-likeness (QED) is 0.837. The zero-order valence-corrected chi connectivity index (χ0v) is 10.6. The fraction of sp³-hybridized carbons (Fsp3) is 0.308. The van der Waals surface area contributed by atoms with Gasteiger partial charge < -0.3 is 9.30 Å². The number of ether oxygens (including phenoxy) is 1. The van der Waals surface area contributed by atoms with E-state index < -0.39 is 0 Å². The first kappa shape index (κ1) is 12.0. The Labute approximate surface area is 105 Å². The van der Waals surface area contributed by atoms with E-state index in [0.717, 1.165) is 16.5 Å². The van der Waals surface area contributed by atoms with Crippen LogP contribution >= 0.6 is 11.6 Å². The van der Waals surface area contributed by atoms with Crippen LogP contribution < -0.4 is 0 Å². The molecule has 0 aliphatic heterocycles. The fourth-order valence-corrected chi connectivity index (χ4v) is 2.38. The van der Waals surface area contributed by atoms with E-state index in [1.165, 1.54) is 0 Å². The molecule has 0 N–H and O–H groups in total. The predicted molar refractivity (Wildman–Crippen MR) is 68.3 cm³/mol. The second-order valence-electron chi connectivity index (χ2n) is 3.89. The number of aryl methyl sites for hydroxylation is 1. The van der Waals surface area contributed by atoms with Gasteiger partial charge in [0.1, 0.15) is 11.2 Å². The van der Waals surface area contributed by atoms with Gasteiger partial charge in [0, 0.05) is 19.0 Å². The standard InChI is InChI=1S/C13H13ClN2O/c1-9-4-3-5-10-11(8-15)13(14)16(12(9)10)6-7-17-2/h3-5H,6-7H2,1-2H3. The van der Waals surface area contributed by atoms with Crippen molar-refractivity contribution < 1.29 is 4.74 Å². The molecule has 0 atom stereocenters. The molecular formula is C13H13ClN2O. The maximum absolute atomic E-state index is 9.17. The van der Waals surface area contributed by atoms with Crippen molar-refractivity contribution in [2.24, 2.45) is 0 Å². The van der Waals surface area contributed by atoms with Crippen LogP contribution in [0.4, 0.5) is 0 Å². The summed E-state index contributed by atoms with van der Waals surface area (Å²) in [6, 6.07) is 8.05. The van der Waals surface area contributed by atoms with Gasteiger partial charge in [0.15, 0.2) is 0 Å². The lowest BCUT2D eigenvalue weighted by Gasteiger charge is -2.07. The van der Waals surface area contributed by atoms with E-state index in [9.17, 15) is 0 Å². The van der Waals surface area contributed by atoms with E-state index in [2.05, 4.69) is 6.07 Å². The van der Waals surface area contributed by atoms with Gasteiger partial charge in [-0.1, -0.05) is 29.8 Å². The summed E-state index contributed by atoms with van der Waals surface area (Å²) in [5, 5.41) is 10.6. The number of hydrogen-bond donors (Lipinski definition) is 0. The highest BCUT2D eigenvalue weighted by atomic mass is 35.5. The average Bonchev–Trinajstić information content (AvgIpc) is 2.60. The molecule has 0 saturated carbocycles. The second kappa shape index (κ2) is 4.79. The molecule has 0 aliphatic rings. The monoisotopic (exact) mass is 248 g/mol. The first-order chi connectivity index (χ1) is 8.20. The third kappa shape index (κ3) is 1.90. The van der Waals surface area contributed by atoms with Crippen LogP contribution in [0, 0.1) is 18.3 Å². The maximum Gasteiger partial charge on any atom is 0.128 e. The van der Waals surface area contributed by atoms with Crippen molar-refractivity contribution in [2.45, 2.75) is 13.5 Å². The zero-order valence-electron chi connectivity index (χ0n) is 9.83. The summed E-state index contributed by atoms with van der Waals surface area (Å²) in [6.07, 6.45) is 0. The average molecular weight is 249 g/mol. The summed E-state index contributed by atoms with van der Waals surface area (Å²) in [4.78, 5) is 0. The fourth-order valence-electron chi connectivity index (χ4n) is 2.06. The number of rotatable bonds is 3. The number of nitriles is 1. The van der Waals surface area contributed by atoms with Crippen LogP contribution in [-0.2, 0) is 11.3 Å². The lowest BCUT2D eigenvalue weighted by Crippen LogP contribution is -2.04. The molecule has 0 fully saturated rings. The van der Waals surface area contributed by atoms with Gasteiger partial charge in [-0.2, -0.15) is 5.26 Å². The smallest absolute Gasteiger partial charge is 0.128 e. The molecule has 1 aromatic heterocycles. The molecular weight excluding hydrogens is 236 g/mol. The Bertz CT molecular complexity index is 595. The van der Waals surface area contributed by atoms with Crippen molar-refractivity contribution in [3.63, 3.8) is 0 Å². The number of fused-ring (bicyclic) bond motifs is 1.